The minimum absolute atomic E-state index is 0.113. The van der Waals surface area contributed by atoms with Crippen molar-refractivity contribution in [3.05, 3.63) is 28.8 Å². The Labute approximate surface area is 125 Å². The molecule has 110 valence electrons. The van der Waals surface area contributed by atoms with Crippen molar-refractivity contribution in [2.45, 2.75) is 45.2 Å². The Hall–Kier alpha value is -1.26. The largest absolute Gasteiger partial charge is 0.387 e. The highest BCUT2D eigenvalue weighted by Gasteiger charge is 2.27. The van der Waals surface area contributed by atoms with Gasteiger partial charge in [-0.2, -0.15) is 0 Å². The van der Waals surface area contributed by atoms with Crippen molar-refractivity contribution in [1.29, 1.82) is 0 Å². The van der Waals surface area contributed by atoms with Crippen molar-refractivity contribution in [3.8, 4) is 0 Å². The van der Waals surface area contributed by atoms with E-state index in [0.717, 1.165) is 18.5 Å². The Morgan fingerprint density at radius 1 is 1.30 bits per heavy atom. The summed E-state index contributed by atoms with van der Waals surface area (Å²) in [5.74, 6) is -0.113. The number of hydrazine groups is 1. The molecule has 1 aromatic carbocycles. The molecule has 5 heteroatoms. The lowest BCUT2D eigenvalue weighted by molar-refractivity contribution is 0.0370. The van der Waals surface area contributed by atoms with Crippen molar-refractivity contribution in [1.82, 2.24) is 10.4 Å². The second-order valence-electron chi connectivity index (χ2n) is 5.42. The molecule has 1 aromatic rings. The normalized spacial score (nSPS) is 23.4. The van der Waals surface area contributed by atoms with Gasteiger partial charge < -0.3 is 5.32 Å². The third kappa shape index (κ3) is 3.25. The molecule has 1 aliphatic heterocycles. The molecule has 4 nitrogen and oxygen atoms in total. The van der Waals surface area contributed by atoms with Crippen LogP contribution in [-0.2, 0) is 0 Å². The molecule has 1 aliphatic rings. The summed E-state index contributed by atoms with van der Waals surface area (Å²) in [6.07, 6.45) is 3.44. The predicted molar refractivity (Wildman–Crippen MR) is 83.1 cm³/mol. The number of carbonyl (C=O) groups excluding carboxylic acids is 1. The van der Waals surface area contributed by atoms with Crippen LogP contribution in [0.15, 0.2) is 18.2 Å². The molecule has 1 heterocycles. The number of halogens is 1. The van der Waals surface area contributed by atoms with E-state index in [-0.39, 0.29) is 5.91 Å². The van der Waals surface area contributed by atoms with Gasteiger partial charge in [-0.15, -0.1) is 0 Å². The molecule has 1 saturated heterocycles. The quantitative estimate of drug-likeness (QED) is 0.899. The van der Waals surface area contributed by atoms with Crippen LogP contribution in [0.5, 0.6) is 0 Å². The first-order valence-electron chi connectivity index (χ1n) is 7.09. The van der Waals surface area contributed by atoms with Gasteiger partial charge in [-0.3, -0.25) is 10.2 Å². The summed E-state index contributed by atoms with van der Waals surface area (Å²) in [4.78, 5) is 12.5. The standard InChI is InChI=1S/C15H22ClN3O/c1-10-5-4-6-11(2)19(10)18-15(20)13-9-12(16)7-8-14(13)17-3/h7-11,17H,4-6H2,1-3H3,(H,18,20). The first-order chi connectivity index (χ1) is 9.52. The summed E-state index contributed by atoms with van der Waals surface area (Å²) >= 11 is 6.00. The number of nitrogens with one attached hydrogen (secondary N) is 2. The lowest BCUT2D eigenvalue weighted by Gasteiger charge is -2.38. The monoisotopic (exact) mass is 295 g/mol. The van der Waals surface area contributed by atoms with Gasteiger partial charge in [-0.25, -0.2) is 5.01 Å². The van der Waals surface area contributed by atoms with Crippen molar-refractivity contribution < 1.29 is 4.79 Å². The zero-order valence-electron chi connectivity index (χ0n) is 12.2. The third-order valence-electron chi connectivity index (χ3n) is 3.92. The number of piperidine rings is 1. The van der Waals surface area contributed by atoms with Gasteiger partial charge in [0.05, 0.1) is 5.56 Å². The highest BCUT2D eigenvalue weighted by atomic mass is 35.5. The Bertz CT molecular complexity index is 482. The maximum absolute atomic E-state index is 12.5. The van der Waals surface area contributed by atoms with Crippen LogP contribution >= 0.6 is 11.6 Å². The number of rotatable bonds is 3. The molecule has 2 N–H and O–H groups in total. The van der Waals surface area contributed by atoms with Gasteiger partial charge in [0.1, 0.15) is 0 Å². The zero-order chi connectivity index (χ0) is 14.7. The number of nitrogens with zero attached hydrogens (tertiary/aromatic N) is 1. The van der Waals surface area contributed by atoms with E-state index in [4.69, 9.17) is 11.6 Å². The fraction of sp³-hybridized carbons (Fsp3) is 0.533. The average molecular weight is 296 g/mol. The SMILES string of the molecule is CNc1ccc(Cl)cc1C(=O)NN1C(C)CCCC1C. The van der Waals surface area contributed by atoms with E-state index in [1.165, 1.54) is 6.42 Å². The molecule has 1 fully saturated rings. The van der Waals surface area contributed by atoms with Crippen LogP contribution in [-0.4, -0.2) is 30.0 Å². The molecule has 0 aromatic heterocycles. The summed E-state index contributed by atoms with van der Waals surface area (Å²) < 4.78 is 0. The van der Waals surface area contributed by atoms with Gasteiger partial charge in [0.2, 0.25) is 0 Å². The van der Waals surface area contributed by atoms with E-state index >= 15 is 0 Å². The number of benzene rings is 1. The van der Waals surface area contributed by atoms with E-state index in [2.05, 4.69) is 29.6 Å². The van der Waals surface area contributed by atoms with Crippen LogP contribution in [0.1, 0.15) is 43.5 Å². The number of carbonyl (C=O) groups is 1. The lowest BCUT2D eigenvalue weighted by Crippen LogP contribution is -2.54. The number of anilines is 1. The maximum Gasteiger partial charge on any atom is 0.267 e. The molecule has 20 heavy (non-hydrogen) atoms. The van der Waals surface area contributed by atoms with Crippen LogP contribution in [0.4, 0.5) is 5.69 Å². The molecule has 2 atom stereocenters. The van der Waals surface area contributed by atoms with Crippen molar-refractivity contribution in [2.75, 3.05) is 12.4 Å². The molecule has 2 rings (SSSR count). The summed E-state index contributed by atoms with van der Waals surface area (Å²) in [5, 5.41) is 5.65. The van der Waals surface area contributed by atoms with Crippen molar-refractivity contribution >= 4 is 23.2 Å². The van der Waals surface area contributed by atoms with Crippen LogP contribution in [0, 0.1) is 0 Å². The topological polar surface area (TPSA) is 44.4 Å². The third-order valence-corrected chi connectivity index (χ3v) is 4.15. The lowest BCUT2D eigenvalue weighted by atomic mass is 10.00. The van der Waals surface area contributed by atoms with Gasteiger partial charge in [0.25, 0.3) is 5.91 Å². The predicted octanol–water partition coefficient (Wildman–Crippen LogP) is 3.29. The average Bonchev–Trinajstić information content (AvgIpc) is 2.43. The Morgan fingerprint density at radius 3 is 2.55 bits per heavy atom. The van der Waals surface area contributed by atoms with Gasteiger partial charge in [-0.05, 0) is 44.9 Å². The fourth-order valence-electron chi connectivity index (χ4n) is 2.74. The maximum atomic E-state index is 12.5. The molecule has 0 radical (unpaired) electrons. The van der Waals surface area contributed by atoms with Crippen molar-refractivity contribution in [2.24, 2.45) is 0 Å². The number of hydrogen-bond donors (Lipinski definition) is 2. The van der Waals surface area contributed by atoms with Crippen molar-refractivity contribution in [3.63, 3.8) is 0 Å². The second-order valence-corrected chi connectivity index (χ2v) is 5.85. The summed E-state index contributed by atoms with van der Waals surface area (Å²) in [5.41, 5.74) is 4.39. The molecule has 1 amide bonds. The Kier molecular flexibility index (Phi) is 4.89. The molecular formula is C15H22ClN3O. The molecule has 2 unspecified atom stereocenters. The first kappa shape index (κ1) is 15.1. The van der Waals surface area contributed by atoms with Gasteiger partial charge in [-0.1, -0.05) is 18.0 Å². The van der Waals surface area contributed by atoms with Crippen LogP contribution < -0.4 is 10.7 Å². The Morgan fingerprint density at radius 2 is 1.95 bits per heavy atom. The minimum Gasteiger partial charge on any atom is -0.387 e. The number of amides is 1. The fourth-order valence-corrected chi connectivity index (χ4v) is 2.91. The van der Waals surface area contributed by atoms with E-state index in [9.17, 15) is 4.79 Å². The van der Waals surface area contributed by atoms with Crippen LogP contribution in [0.3, 0.4) is 0 Å². The molecule has 0 bridgehead atoms. The van der Waals surface area contributed by atoms with E-state index in [1.54, 1.807) is 19.2 Å². The minimum atomic E-state index is -0.113. The smallest absolute Gasteiger partial charge is 0.267 e. The first-order valence-corrected chi connectivity index (χ1v) is 7.47. The van der Waals surface area contributed by atoms with Gasteiger partial charge in [0.15, 0.2) is 0 Å². The van der Waals surface area contributed by atoms with Crippen LogP contribution in [0.2, 0.25) is 5.02 Å². The summed E-state index contributed by atoms with van der Waals surface area (Å²) in [7, 11) is 1.80. The van der Waals surface area contributed by atoms with Gasteiger partial charge in [0, 0.05) is 29.8 Å². The summed E-state index contributed by atoms with van der Waals surface area (Å²) in [6, 6.07) is 6.01. The molecule has 0 spiro atoms. The highest BCUT2D eigenvalue weighted by molar-refractivity contribution is 6.31. The number of hydrogen-bond acceptors (Lipinski definition) is 3. The van der Waals surface area contributed by atoms with E-state index < -0.39 is 0 Å². The molecule has 0 aliphatic carbocycles. The summed E-state index contributed by atoms with van der Waals surface area (Å²) in [6.45, 7) is 4.29. The zero-order valence-corrected chi connectivity index (χ0v) is 13.0. The van der Waals surface area contributed by atoms with Crippen LogP contribution in [0.25, 0.3) is 0 Å². The molecular weight excluding hydrogens is 274 g/mol. The Balaban J connectivity index is 2.17. The van der Waals surface area contributed by atoms with E-state index in [0.29, 0.717) is 22.7 Å². The second kappa shape index (κ2) is 6.46. The van der Waals surface area contributed by atoms with Gasteiger partial charge >= 0.3 is 0 Å². The van der Waals surface area contributed by atoms with E-state index in [1.807, 2.05) is 6.07 Å². The molecule has 0 saturated carbocycles. The highest BCUT2D eigenvalue weighted by Crippen LogP contribution is 2.23.